The van der Waals surface area contributed by atoms with Crippen molar-refractivity contribution in [2.45, 2.75) is 49.9 Å². The van der Waals surface area contributed by atoms with E-state index in [9.17, 15) is 9.90 Å². The second kappa shape index (κ2) is 8.54. The molecule has 3 aromatic carbocycles. The van der Waals surface area contributed by atoms with Gasteiger partial charge in [-0.3, -0.25) is 4.79 Å². The van der Waals surface area contributed by atoms with Crippen LogP contribution in [-0.2, 0) is 24.9 Å². The molecule has 0 aromatic heterocycles. The molecule has 186 valence electrons. The minimum absolute atomic E-state index is 0.0578. The number of fused-ring (bicyclic) bond motifs is 2. The van der Waals surface area contributed by atoms with Crippen molar-refractivity contribution in [1.29, 1.82) is 0 Å². The summed E-state index contributed by atoms with van der Waals surface area (Å²) in [4.78, 5) is 12.5. The van der Waals surface area contributed by atoms with Gasteiger partial charge in [0.05, 0.1) is 22.7 Å². The second-order valence-electron chi connectivity index (χ2n) is 9.88. The average molecular weight is 511 g/mol. The van der Waals surface area contributed by atoms with Crippen molar-refractivity contribution in [2.24, 2.45) is 5.73 Å². The van der Waals surface area contributed by atoms with E-state index in [2.05, 4.69) is 5.32 Å². The lowest BCUT2D eigenvalue weighted by atomic mass is 9.80. The number of rotatable bonds is 4. The molecule has 1 aliphatic carbocycles. The van der Waals surface area contributed by atoms with Gasteiger partial charge in [-0.2, -0.15) is 0 Å². The molecule has 1 fully saturated rings. The summed E-state index contributed by atoms with van der Waals surface area (Å²) >= 11 is 6.52. The zero-order valence-electron chi connectivity index (χ0n) is 19.4. The summed E-state index contributed by atoms with van der Waals surface area (Å²) in [5.74, 6) is -2.07. The maximum absolute atomic E-state index is 16.1. The standard InChI is InChI=1S/C28H25ClF2N2O3/c29-25-20(30)12-21-19(13-28(36-21,22-7-4-8-33-22)15-5-2-1-3-6-15)23(25)24-18(27(32)35)10-14-9-16(34)11-17(14)26(24)31/h1-3,5-6,10,12,16,22,33-34H,4,7-9,11,13H2,(H2,32,35)/t16-,22+,28+/m1/s1. The largest absolute Gasteiger partial charge is 0.480 e. The van der Waals surface area contributed by atoms with E-state index in [4.69, 9.17) is 22.1 Å². The van der Waals surface area contributed by atoms with Crippen LogP contribution in [0.2, 0.25) is 5.02 Å². The molecule has 3 aliphatic rings. The summed E-state index contributed by atoms with van der Waals surface area (Å²) in [5, 5.41) is 13.4. The number of primary amides is 1. The lowest BCUT2D eigenvalue weighted by Crippen LogP contribution is -2.48. The first-order valence-corrected chi connectivity index (χ1v) is 12.5. The van der Waals surface area contributed by atoms with Gasteiger partial charge in [-0.05, 0) is 48.6 Å². The smallest absolute Gasteiger partial charge is 0.249 e. The number of halogens is 3. The number of carbonyl (C=O) groups is 1. The van der Waals surface area contributed by atoms with E-state index >= 15 is 8.78 Å². The summed E-state index contributed by atoms with van der Waals surface area (Å²) < 4.78 is 37.9. The second-order valence-corrected chi connectivity index (χ2v) is 10.3. The predicted molar refractivity (Wildman–Crippen MR) is 132 cm³/mol. The maximum atomic E-state index is 16.1. The molecule has 2 aliphatic heterocycles. The average Bonchev–Trinajstić information content (AvgIpc) is 3.60. The molecular formula is C28H25ClF2N2O3. The Morgan fingerprint density at radius 2 is 1.92 bits per heavy atom. The monoisotopic (exact) mass is 510 g/mol. The van der Waals surface area contributed by atoms with Gasteiger partial charge in [-0.1, -0.05) is 41.9 Å². The van der Waals surface area contributed by atoms with Crippen molar-refractivity contribution >= 4 is 17.5 Å². The van der Waals surface area contributed by atoms with Crippen LogP contribution in [0.15, 0.2) is 42.5 Å². The zero-order chi connectivity index (χ0) is 25.2. The van der Waals surface area contributed by atoms with E-state index in [1.165, 1.54) is 12.1 Å². The van der Waals surface area contributed by atoms with Crippen LogP contribution in [0.4, 0.5) is 8.78 Å². The Balaban J connectivity index is 1.60. The van der Waals surface area contributed by atoms with Crippen molar-refractivity contribution in [3.63, 3.8) is 0 Å². The molecule has 1 saturated heterocycles. The lowest BCUT2D eigenvalue weighted by Gasteiger charge is -2.35. The quantitative estimate of drug-likeness (QED) is 0.485. The van der Waals surface area contributed by atoms with Gasteiger partial charge in [0.1, 0.15) is 17.4 Å². The molecule has 5 nitrogen and oxygen atoms in total. The van der Waals surface area contributed by atoms with Gasteiger partial charge in [0.15, 0.2) is 5.60 Å². The summed E-state index contributed by atoms with van der Waals surface area (Å²) in [5.41, 5.74) is 6.93. The van der Waals surface area contributed by atoms with Crippen molar-refractivity contribution in [3.05, 3.63) is 86.9 Å². The van der Waals surface area contributed by atoms with Crippen LogP contribution in [0.1, 0.15) is 45.5 Å². The Bertz CT molecular complexity index is 1390. The number of benzene rings is 3. The van der Waals surface area contributed by atoms with Gasteiger partial charge < -0.3 is 20.9 Å². The summed E-state index contributed by atoms with van der Waals surface area (Å²) in [6, 6.07) is 12.4. The van der Waals surface area contributed by atoms with Crippen molar-refractivity contribution in [3.8, 4) is 16.9 Å². The number of aliphatic hydroxyl groups excluding tert-OH is 1. The Kier molecular flexibility index (Phi) is 5.55. The third-order valence-electron chi connectivity index (χ3n) is 7.77. The van der Waals surface area contributed by atoms with Crippen molar-refractivity contribution in [2.75, 3.05) is 6.54 Å². The molecule has 36 heavy (non-hydrogen) atoms. The molecule has 0 radical (unpaired) electrons. The highest BCUT2D eigenvalue weighted by atomic mass is 35.5. The number of aliphatic hydroxyl groups is 1. The van der Waals surface area contributed by atoms with Crippen LogP contribution in [0.3, 0.4) is 0 Å². The van der Waals surface area contributed by atoms with Gasteiger partial charge >= 0.3 is 0 Å². The number of amides is 1. The molecule has 0 spiro atoms. The van der Waals surface area contributed by atoms with E-state index in [1.54, 1.807) is 0 Å². The first-order valence-electron chi connectivity index (χ1n) is 12.1. The van der Waals surface area contributed by atoms with Crippen LogP contribution in [0.5, 0.6) is 5.75 Å². The van der Waals surface area contributed by atoms with Crippen LogP contribution >= 0.6 is 11.6 Å². The minimum atomic E-state index is -0.859. The van der Waals surface area contributed by atoms with Crippen LogP contribution in [0.25, 0.3) is 11.1 Å². The summed E-state index contributed by atoms with van der Waals surface area (Å²) in [6.45, 7) is 0.828. The Morgan fingerprint density at radius 1 is 1.14 bits per heavy atom. The van der Waals surface area contributed by atoms with Gasteiger partial charge in [-0.25, -0.2) is 8.78 Å². The highest BCUT2D eigenvalue weighted by Gasteiger charge is 2.50. The van der Waals surface area contributed by atoms with Crippen LogP contribution in [0, 0.1) is 11.6 Å². The summed E-state index contributed by atoms with van der Waals surface area (Å²) in [6.07, 6.45) is 1.67. The zero-order valence-corrected chi connectivity index (χ0v) is 20.2. The van der Waals surface area contributed by atoms with Crippen LogP contribution < -0.4 is 15.8 Å². The van der Waals surface area contributed by atoms with E-state index in [0.29, 0.717) is 23.1 Å². The van der Waals surface area contributed by atoms with Gasteiger partial charge in [0.25, 0.3) is 0 Å². The number of hydrogen-bond donors (Lipinski definition) is 3. The molecule has 0 saturated carbocycles. The first-order chi connectivity index (χ1) is 17.3. The van der Waals surface area contributed by atoms with Crippen molar-refractivity contribution < 1.29 is 23.4 Å². The normalized spacial score (nSPS) is 24.4. The molecule has 3 aromatic rings. The molecule has 0 bridgehead atoms. The fourth-order valence-electron chi connectivity index (χ4n) is 6.17. The fourth-order valence-corrected chi connectivity index (χ4v) is 6.43. The van der Waals surface area contributed by atoms with E-state index in [0.717, 1.165) is 24.9 Å². The first kappa shape index (κ1) is 23.4. The summed E-state index contributed by atoms with van der Waals surface area (Å²) in [7, 11) is 0. The molecule has 2 heterocycles. The molecule has 4 N–H and O–H groups in total. The minimum Gasteiger partial charge on any atom is -0.480 e. The van der Waals surface area contributed by atoms with Crippen LogP contribution in [-0.4, -0.2) is 29.7 Å². The third kappa shape index (κ3) is 3.44. The lowest BCUT2D eigenvalue weighted by molar-refractivity contribution is 0.0539. The van der Waals surface area contributed by atoms with E-state index < -0.39 is 29.2 Å². The number of carbonyl (C=O) groups excluding carboxylic acids is 1. The predicted octanol–water partition coefficient (Wildman–Crippen LogP) is 4.43. The Hall–Kier alpha value is -3.00. The van der Waals surface area contributed by atoms with Gasteiger partial charge in [0.2, 0.25) is 5.91 Å². The maximum Gasteiger partial charge on any atom is 0.249 e. The number of nitrogens with two attached hydrogens (primary N) is 1. The molecule has 1 amide bonds. The molecule has 6 rings (SSSR count). The van der Waals surface area contributed by atoms with Gasteiger partial charge in [-0.15, -0.1) is 0 Å². The SMILES string of the molecule is NC(=O)c1cc2c(c(F)c1-c1c(Cl)c(F)cc3c1C[C@](c1ccccc1)([C@@H]1CCCN1)O3)C[C@H](O)C2. The van der Waals surface area contributed by atoms with E-state index in [-0.39, 0.29) is 46.3 Å². The highest BCUT2D eigenvalue weighted by molar-refractivity contribution is 6.34. The topological polar surface area (TPSA) is 84.6 Å². The number of nitrogens with one attached hydrogen (secondary N) is 1. The number of hydrogen-bond acceptors (Lipinski definition) is 4. The number of ether oxygens (including phenoxy) is 1. The fraction of sp³-hybridized carbons (Fsp3) is 0.321. The molecule has 0 unspecified atom stereocenters. The molecular weight excluding hydrogens is 486 g/mol. The highest BCUT2D eigenvalue weighted by Crippen LogP contribution is 2.52. The van der Waals surface area contributed by atoms with Crippen molar-refractivity contribution in [1.82, 2.24) is 5.32 Å². The van der Waals surface area contributed by atoms with E-state index in [1.807, 2.05) is 30.3 Å². The molecule has 8 heteroatoms. The molecule has 3 atom stereocenters. The Morgan fingerprint density at radius 3 is 2.61 bits per heavy atom. The Labute approximate surface area is 212 Å². The third-order valence-corrected chi connectivity index (χ3v) is 8.14. The van der Waals surface area contributed by atoms with Gasteiger partial charge in [0, 0.05) is 35.6 Å².